The number of rotatable bonds is 17. The van der Waals surface area contributed by atoms with Crippen molar-refractivity contribution in [2.24, 2.45) is 5.41 Å². The van der Waals surface area contributed by atoms with Crippen LogP contribution in [0.5, 0.6) is 0 Å². The molecule has 3 amide bonds. The normalized spacial score (nSPS) is 18.9. The Balaban J connectivity index is 0.708. The lowest BCUT2D eigenvalue weighted by molar-refractivity contribution is -0.144. The van der Waals surface area contributed by atoms with Crippen LogP contribution in [0.15, 0.2) is 109 Å². The molecule has 3 fully saturated rings. The summed E-state index contributed by atoms with van der Waals surface area (Å²) in [6.07, 6.45) is 0.786. The van der Waals surface area contributed by atoms with E-state index in [1.165, 1.54) is 11.1 Å². The predicted molar refractivity (Wildman–Crippen MR) is 309 cm³/mol. The molecule has 0 aliphatic carbocycles. The highest BCUT2D eigenvalue weighted by molar-refractivity contribution is 7.90. The second kappa shape index (κ2) is 23.8. The number of aryl methyl sites for hydroxylation is 1. The van der Waals surface area contributed by atoms with Gasteiger partial charge in [-0.2, -0.15) is 12.7 Å². The maximum Gasteiger partial charge on any atom is 0.301 e. The third kappa shape index (κ3) is 12.6. The Morgan fingerprint density at radius 1 is 0.854 bits per heavy atom. The van der Waals surface area contributed by atoms with Crippen molar-refractivity contribution in [3.05, 3.63) is 154 Å². The van der Waals surface area contributed by atoms with Gasteiger partial charge in [0, 0.05) is 93.4 Å². The number of ketones is 1. The fourth-order valence-corrected chi connectivity index (χ4v) is 13.0. The van der Waals surface area contributed by atoms with E-state index in [1.54, 1.807) is 23.6 Å². The quantitative estimate of drug-likeness (QED) is 0.0550. The van der Waals surface area contributed by atoms with E-state index in [2.05, 4.69) is 35.4 Å². The van der Waals surface area contributed by atoms with Gasteiger partial charge in [0.05, 0.1) is 45.9 Å². The number of benzene rings is 4. The minimum absolute atomic E-state index is 0.00887. The van der Waals surface area contributed by atoms with Gasteiger partial charge in [-0.15, -0.1) is 11.3 Å². The minimum atomic E-state index is -4.38. The lowest BCUT2D eigenvalue weighted by atomic mass is 9.85. The largest absolute Gasteiger partial charge is 0.391 e. The molecule has 10 rings (SSSR count). The number of hydrogen-bond acceptors (Lipinski definition) is 12. The number of nitrogens with zero attached hydrogens (tertiary/aromatic N) is 6. The van der Waals surface area contributed by atoms with Gasteiger partial charge in [-0.1, -0.05) is 81.4 Å². The number of carbonyl (C=O) groups is 4. The molecule has 3 aromatic heterocycles. The molecule has 7 aromatic rings. The lowest BCUT2D eigenvalue weighted by Crippen LogP contribution is -2.58. The van der Waals surface area contributed by atoms with Gasteiger partial charge in [-0.05, 0) is 83.8 Å². The topological polar surface area (TPSA) is 213 Å². The molecular formula is C60H65F3N10O7S2. The number of likely N-dealkylation sites (tertiary alicyclic amines) is 1. The maximum absolute atomic E-state index is 15.8. The summed E-state index contributed by atoms with van der Waals surface area (Å²) >= 11 is 1.57. The molecule has 430 valence electrons. The predicted octanol–water partition coefficient (Wildman–Crippen LogP) is 8.11. The average Bonchev–Trinajstić information content (AvgIpc) is 4.13. The summed E-state index contributed by atoms with van der Waals surface area (Å²) in [7, 11) is -4.38. The van der Waals surface area contributed by atoms with Crippen LogP contribution in [0.25, 0.3) is 32.6 Å². The van der Waals surface area contributed by atoms with Crippen LogP contribution in [0.4, 0.5) is 24.5 Å². The van der Waals surface area contributed by atoms with E-state index in [1.807, 2.05) is 118 Å². The average molecular weight is 1160 g/mol. The molecule has 3 aliphatic heterocycles. The third-order valence-electron chi connectivity index (χ3n) is 15.6. The molecule has 5 N–H and O–H groups in total. The maximum atomic E-state index is 15.8. The summed E-state index contributed by atoms with van der Waals surface area (Å²) in [5, 5.41) is 17.1. The first-order valence-corrected chi connectivity index (χ1v) is 29.6. The monoisotopic (exact) mass is 1160 g/mol. The number of amides is 3. The number of nitrogens with one attached hydrogen (secondary N) is 4. The SMILES string of the molecule is Cc1ncsc1-c1ccc(C(C)NC(=O)[C@@H]2C[C@@H](O)CN2C(=O)C(NC(=O)Cc2ccc(CN3CCN(c4ccc(-c5cnc6[nH]cc(C(=O)c7c(F)ccc(NS(=O)(=O)N8CC[C@@H](F)C8)c7F)c6c5)cc4)CC3)cc2)C(C)(C)C)cc1. The van der Waals surface area contributed by atoms with E-state index >= 15 is 8.78 Å². The van der Waals surface area contributed by atoms with E-state index in [0.717, 1.165) is 86.7 Å². The van der Waals surface area contributed by atoms with E-state index in [4.69, 9.17) is 0 Å². The van der Waals surface area contributed by atoms with Crippen molar-refractivity contribution in [2.45, 2.75) is 90.8 Å². The summed E-state index contributed by atoms with van der Waals surface area (Å²) in [5.74, 6) is -4.74. The molecule has 2 unspecified atom stereocenters. The number of halogens is 3. The Hall–Kier alpha value is -7.50. The molecule has 5 atom stereocenters. The van der Waals surface area contributed by atoms with Gasteiger partial charge in [0.2, 0.25) is 23.5 Å². The molecule has 22 heteroatoms. The smallest absolute Gasteiger partial charge is 0.301 e. The number of aromatic amines is 1. The fourth-order valence-electron chi connectivity index (χ4n) is 10.9. The lowest BCUT2D eigenvalue weighted by Gasteiger charge is -2.36. The van der Waals surface area contributed by atoms with Crippen molar-refractivity contribution in [1.82, 2.24) is 39.7 Å². The van der Waals surface area contributed by atoms with Gasteiger partial charge < -0.3 is 30.5 Å². The molecule has 3 saturated heterocycles. The van der Waals surface area contributed by atoms with E-state index in [9.17, 15) is 37.1 Å². The Labute approximate surface area is 478 Å². The van der Waals surface area contributed by atoms with Crippen LogP contribution in [0, 0.1) is 24.0 Å². The van der Waals surface area contributed by atoms with Gasteiger partial charge in [0.25, 0.3) is 0 Å². The zero-order valence-electron chi connectivity index (χ0n) is 46.1. The number of anilines is 2. The molecule has 6 heterocycles. The minimum Gasteiger partial charge on any atom is -0.391 e. The van der Waals surface area contributed by atoms with Crippen molar-refractivity contribution in [2.75, 3.05) is 55.4 Å². The first-order chi connectivity index (χ1) is 39.1. The van der Waals surface area contributed by atoms with Crippen LogP contribution in [0.2, 0.25) is 0 Å². The van der Waals surface area contributed by atoms with Gasteiger partial charge >= 0.3 is 10.2 Å². The van der Waals surface area contributed by atoms with Crippen molar-refractivity contribution in [1.29, 1.82) is 0 Å². The molecule has 0 saturated carbocycles. The number of pyridine rings is 1. The van der Waals surface area contributed by atoms with Crippen LogP contribution in [0.1, 0.15) is 84.9 Å². The zero-order chi connectivity index (χ0) is 58.2. The number of fused-ring (bicyclic) bond motifs is 1. The second-order valence-corrected chi connectivity index (χ2v) is 25.0. The van der Waals surface area contributed by atoms with Crippen molar-refractivity contribution in [3.8, 4) is 21.6 Å². The molecule has 0 bridgehead atoms. The number of aliphatic hydroxyl groups is 1. The standard InChI is InChI=1S/C60H65F3N10O7S2/c1-35(39-10-12-41(13-11-39)55-36(2)66-34-81-55)67-58(77)50-28-45(74)33-73(50)59(78)56(60(3,4)5)68-51(75)26-37-6-8-38(9-7-37)31-70-22-24-71(25-23-70)44-16-14-40(15-17-44)42-27-46-47(30-65-57(46)64-29-42)54(76)52-48(62)18-19-49(53(52)63)69-82(79,80)72-21-20-43(61)32-72/h6-19,27,29-30,34-35,43,45,50,56,69,74H,20-26,28,31-33H2,1-5H3,(H,64,65)(H,67,77)(H,68,75)/t35?,43-,45-,50+,56?/m1/s1. The molecule has 0 spiro atoms. The number of H-pyrrole nitrogens is 1. The summed E-state index contributed by atoms with van der Waals surface area (Å²) in [4.78, 5) is 74.4. The van der Waals surface area contributed by atoms with Crippen molar-refractivity contribution >= 4 is 67.5 Å². The van der Waals surface area contributed by atoms with E-state index in [-0.39, 0.29) is 55.8 Å². The number of carbonyl (C=O) groups excluding carboxylic acids is 4. The van der Waals surface area contributed by atoms with Gasteiger partial charge in [0.15, 0.2) is 5.82 Å². The number of thiazole rings is 1. The van der Waals surface area contributed by atoms with Crippen LogP contribution in [-0.4, -0.2) is 136 Å². The summed E-state index contributed by atoms with van der Waals surface area (Å²) in [6.45, 7) is 12.7. The van der Waals surface area contributed by atoms with Gasteiger partial charge in [-0.25, -0.2) is 23.1 Å². The number of alkyl halides is 1. The zero-order valence-corrected chi connectivity index (χ0v) is 47.7. The number of β-amino-alcohol motifs (C(OH)–C–C–N with tert-alkyl or cyclic N) is 1. The molecule has 4 aromatic carbocycles. The first kappa shape index (κ1) is 57.7. The summed E-state index contributed by atoms with van der Waals surface area (Å²) in [6, 6.07) is 24.8. The highest BCUT2D eigenvalue weighted by Crippen LogP contribution is 2.34. The first-order valence-electron chi connectivity index (χ1n) is 27.3. The van der Waals surface area contributed by atoms with Gasteiger partial charge in [0.1, 0.15) is 29.7 Å². The molecule has 0 radical (unpaired) electrons. The molecule has 82 heavy (non-hydrogen) atoms. The van der Waals surface area contributed by atoms with Crippen molar-refractivity contribution in [3.63, 3.8) is 0 Å². The highest BCUT2D eigenvalue weighted by Gasteiger charge is 2.45. The summed E-state index contributed by atoms with van der Waals surface area (Å²) in [5.41, 5.74) is 6.93. The van der Waals surface area contributed by atoms with Crippen LogP contribution >= 0.6 is 11.3 Å². The van der Waals surface area contributed by atoms with Crippen molar-refractivity contribution < 1.29 is 45.9 Å². The highest BCUT2D eigenvalue weighted by atomic mass is 32.2. The molecule has 17 nitrogen and oxygen atoms in total. The van der Waals surface area contributed by atoms with Gasteiger partial charge in [-0.3, -0.25) is 28.8 Å². The van der Waals surface area contributed by atoms with E-state index in [0.29, 0.717) is 23.1 Å². The van der Waals surface area contributed by atoms with Crippen LogP contribution in [0.3, 0.4) is 0 Å². The molecule has 3 aliphatic rings. The summed E-state index contributed by atoms with van der Waals surface area (Å²) < 4.78 is 73.4. The third-order valence-corrected chi connectivity index (χ3v) is 18.0. The Bertz CT molecular complexity index is 3620. The Kier molecular flexibility index (Phi) is 16.7. The Morgan fingerprint density at radius 2 is 1.55 bits per heavy atom. The number of aliphatic hydroxyl groups excluding tert-OH is 1. The number of piperazine rings is 1. The molecular weight excluding hydrogens is 1090 g/mol. The van der Waals surface area contributed by atoms with Crippen LogP contribution < -0.4 is 20.3 Å². The van der Waals surface area contributed by atoms with Crippen LogP contribution in [-0.2, 0) is 37.6 Å². The Morgan fingerprint density at radius 3 is 2.21 bits per heavy atom. The number of hydrogen-bond donors (Lipinski definition) is 5. The fraction of sp³-hybridized carbons (Fsp3) is 0.367. The van der Waals surface area contributed by atoms with E-state index < -0.39 is 81.1 Å². The number of aromatic nitrogens is 3. The second-order valence-electron chi connectivity index (χ2n) is 22.5.